The van der Waals surface area contributed by atoms with Crippen LogP contribution in [0.15, 0.2) is 48.5 Å². The summed E-state index contributed by atoms with van der Waals surface area (Å²) < 4.78 is 5.40. The zero-order valence-electron chi connectivity index (χ0n) is 15.2. The fourth-order valence-corrected chi connectivity index (χ4v) is 3.40. The number of hydrogen-bond donors (Lipinski definition) is 1. The summed E-state index contributed by atoms with van der Waals surface area (Å²) >= 11 is 6.01. The number of anilines is 1. The maximum Gasteiger partial charge on any atom is 0.162 e. The Morgan fingerprint density at radius 3 is 2.59 bits per heavy atom. The number of halogens is 1. The zero-order chi connectivity index (χ0) is 18.5. The summed E-state index contributed by atoms with van der Waals surface area (Å²) in [6.45, 7) is 5.68. The van der Waals surface area contributed by atoms with Gasteiger partial charge in [-0.2, -0.15) is 0 Å². The van der Waals surface area contributed by atoms with Crippen molar-refractivity contribution < 1.29 is 4.74 Å². The van der Waals surface area contributed by atoms with Crippen LogP contribution in [0.1, 0.15) is 6.42 Å². The van der Waals surface area contributed by atoms with E-state index >= 15 is 0 Å². The Hall–Kier alpha value is -2.21. The minimum absolute atomic E-state index is 0.709. The van der Waals surface area contributed by atoms with Gasteiger partial charge >= 0.3 is 0 Å². The highest BCUT2D eigenvalue weighted by Crippen LogP contribution is 2.25. The second-order valence-electron chi connectivity index (χ2n) is 6.65. The minimum atomic E-state index is 0.709. The molecule has 0 bridgehead atoms. The van der Waals surface area contributed by atoms with Gasteiger partial charge in [0.25, 0.3) is 0 Å². The summed E-state index contributed by atoms with van der Waals surface area (Å²) in [7, 11) is 0. The smallest absolute Gasteiger partial charge is 0.162 e. The molecule has 0 aliphatic carbocycles. The van der Waals surface area contributed by atoms with Crippen molar-refractivity contribution in [3.8, 4) is 11.4 Å². The lowest BCUT2D eigenvalue weighted by molar-refractivity contribution is 0.0378. The molecule has 1 aliphatic heterocycles. The Balaban J connectivity index is 1.50. The SMILES string of the molecule is Clc1ccc(-c2nc(NCCCN3CCOCC3)c3ccccc3n2)cc1. The largest absolute Gasteiger partial charge is 0.379 e. The van der Waals surface area contributed by atoms with Crippen molar-refractivity contribution in [2.45, 2.75) is 6.42 Å². The summed E-state index contributed by atoms with van der Waals surface area (Å²) in [5.74, 6) is 1.59. The van der Waals surface area contributed by atoms with E-state index in [2.05, 4.69) is 16.3 Å². The predicted molar refractivity (Wildman–Crippen MR) is 110 cm³/mol. The van der Waals surface area contributed by atoms with Crippen molar-refractivity contribution in [1.82, 2.24) is 14.9 Å². The van der Waals surface area contributed by atoms with Gasteiger partial charge in [-0.05, 0) is 49.4 Å². The molecule has 1 aliphatic rings. The molecule has 0 amide bonds. The van der Waals surface area contributed by atoms with E-state index in [9.17, 15) is 0 Å². The van der Waals surface area contributed by atoms with Crippen LogP contribution in [0.5, 0.6) is 0 Å². The lowest BCUT2D eigenvalue weighted by Crippen LogP contribution is -2.37. The van der Waals surface area contributed by atoms with Gasteiger partial charge in [-0.15, -0.1) is 0 Å². The number of rotatable bonds is 6. The van der Waals surface area contributed by atoms with Gasteiger partial charge in [-0.1, -0.05) is 23.7 Å². The third-order valence-corrected chi connectivity index (χ3v) is 5.00. The number of aromatic nitrogens is 2. The fourth-order valence-electron chi connectivity index (χ4n) is 3.27. The maximum absolute atomic E-state index is 6.01. The summed E-state index contributed by atoms with van der Waals surface area (Å²) in [5, 5.41) is 5.27. The number of benzene rings is 2. The third kappa shape index (κ3) is 4.56. The molecule has 140 valence electrons. The fraction of sp³-hybridized carbons (Fsp3) is 0.333. The molecular formula is C21H23ClN4O. The number of para-hydroxylation sites is 1. The molecule has 0 spiro atoms. The van der Waals surface area contributed by atoms with Crippen LogP contribution >= 0.6 is 11.6 Å². The first-order valence-electron chi connectivity index (χ1n) is 9.36. The molecule has 4 rings (SSSR count). The Morgan fingerprint density at radius 2 is 1.78 bits per heavy atom. The van der Waals surface area contributed by atoms with Gasteiger partial charge in [0.1, 0.15) is 5.82 Å². The van der Waals surface area contributed by atoms with Gasteiger partial charge in [0.15, 0.2) is 5.82 Å². The van der Waals surface area contributed by atoms with Crippen LogP contribution in [0.3, 0.4) is 0 Å². The number of hydrogen-bond acceptors (Lipinski definition) is 5. The molecule has 1 fully saturated rings. The second kappa shape index (κ2) is 8.65. The molecule has 2 heterocycles. The van der Waals surface area contributed by atoms with Crippen molar-refractivity contribution in [3.63, 3.8) is 0 Å². The van der Waals surface area contributed by atoms with Gasteiger partial charge in [0, 0.05) is 35.6 Å². The highest BCUT2D eigenvalue weighted by Gasteiger charge is 2.11. The van der Waals surface area contributed by atoms with Crippen molar-refractivity contribution >= 4 is 28.3 Å². The van der Waals surface area contributed by atoms with Crippen LogP contribution in [0.25, 0.3) is 22.3 Å². The number of morpholine rings is 1. The standard InChI is InChI=1S/C21H23ClN4O/c22-17-8-6-16(7-9-17)20-24-19-5-2-1-4-18(19)21(25-20)23-10-3-11-26-12-14-27-15-13-26/h1-2,4-9H,3,10-15H2,(H,23,24,25). The molecule has 1 N–H and O–H groups in total. The first kappa shape index (κ1) is 18.2. The summed E-state index contributed by atoms with van der Waals surface area (Å²) in [6, 6.07) is 15.7. The Bertz CT molecular complexity index is 894. The molecule has 0 atom stereocenters. The Morgan fingerprint density at radius 1 is 1.00 bits per heavy atom. The van der Waals surface area contributed by atoms with E-state index in [1.807, 2.05) is 42.5 Å². The minimum Gasteiger partial charge on any atom is -0.379 e. The average Bonchev–Trinajstić information content (AvgIpc) is 2.72. The average molecular weight is 383 g/mol. The Kier molecular flexibility index (Phi) is 5.82. The predicted octanol–water partition coefficient (Wildman–Crippen LogP) is 4.08. The lowest BCUT2D eigenvalue weighted by Gasteiger charge is -2.26. The molecule has 0 unspecified atom stereocenters. The van der Waals surface area contributed by atoms with Crippen molar-refractivity contribution in [3.05, 3.63) is 53.6 Å². The third-order valence-electron chi connectivity index (χ3n) is 4.75. The van der Waals surface area contributed by atoms with E-state index in [1.165, 1.54) is 0 Å². The topological polar surface area (TPSA) is 50.3 Å². The molecule has 1 saturated heterocycles. The Labute approximate surface area is 164 Å². The van der Waals surface area contributed by atoms with E-state index in [1.54, 1.807) is 0 Å². The van der Waals surface area contributed by atoms with Crippen molar-refractivity contribution in [2.24, 2.45) is 0 Å². The molecule has 1 aromatic heterocycles. The monoisotopic (exact) mass is 382 g/mol. The van der Waals surface area contributed by atoms with E-state index in [4.69, 9.17) is 26.3 Å². The van der Waals surface area contributed by atoms with Crippen LogP contribution in [0.4, 0.5) is 5.82 Å². The molecule has 27 heavy (non-hydrogen) atoms. The molecule has 0 saturated carbocycles. The second-order valence-corrected chi connectivity index (χ2v) is 7.09. The number of ether oxygens (including phenoxy) is 1. The van der Waals surface area contributed by atoms with Crippen LogP contribution in [-0.2, 0) is 4.74 Å². The van der Waals surface area contributed by atoms with Crippen molar-refractivity contribution in [2.75, 3.05) is 44.7 Å². The van der Waals surface area contributed by atoms with E-state index in [0.717, 1.165) is 68.1 Å². The van der Waals surface area contributed by atoms with Gasteiger partial charge in [0.2, 0.25) is 0 Å². The van der Waals surface area contributed by atoms with Gasteiger partial charge in [-0.3, -0.25) is 4.90 Å². The van der Waals surface area contributed by atoms with Crippen LogP contribution in [-0.4, -0.2) is 54.3 Å². The summed E-state index contributed by atoms with van der Waals surface area (Å²) in [6.07, 6.45) is 1.06. The van der Waals surface area contributed by atoms with Crippen LogP contribution in [0.2, 0.25) is 5.02 Å². The number of fused-ring (bicyclic) bond motifs is 1. The summed E-state index contributed by atoms with van der Waals surface area (Å²) in [5.41, 5.74) is 1.90. The number of nitrogens with zero attached hydrogens (tertiary/aromatic N) is 3. The number of nitrogens with one attached hydrogen (secondary N) is 1. The van der Waals surface area contributed by atoms with Crippen molar-refractivity contribution in [1.29, 1.82) is 0 Å². The van der Waals surface area contributed by atoms with Crippen LogP contribution in [0, 0.1) is 0 Å². The highest BCUT2D eigenvalue weighted by atomic mass is 35.5. The quantitative estimate of drug-likeness (QED) is 0.651. The first-order chi connectivity index (χ1) is 13.3. The molecule has 5 nitrogen and oxygen atoms in total. The molecule has 2 aromatic carbocycles. The zero-order valence-corrected chi connectivity index (χ0v) is 16.0. The summed E-state index contributed by atoms with van der Waals surface area (Å²) in [4.78, 5) is 12.0. The normalized spacial score (nSPS) is 15.1. The highest BCUT2D eigenvalue weighted by molar-refractivity contribution is 6.30. The first-order valence-corrected chi connectivity index (χ1v) is 9.74. The molecule has 6 heteroatoms. The van der Waals surface area contributed by atoms with Gasteiger partial charge in [-0.25, -0.2) is 9.97 Å². The molecule has 3 aromatic rings. The van der Waals surface area contributed by atoms with E-state index in [0.29, 0.717) is 10.8 Å². The van der Waals surface area contributed by atoms with E-state index in [-0.39, 0.29) is 0 Å². The maximum atomic E-state index is 6.01. The molecule has 0 radical (unpaired) electrons. The van der Waals surface area contributed by atoms with Gasteiger partial charge in [0.05, 0.1) is 18.7 Å². The van der Waals surface area contributed by atoms with E-state index < -0.39 is 0 Å². The van der Waals surface area contributed by atoms with Gasteiger partial charge < -0.3 is 10.1 Å². The van der Waals surface area contributed by atoms with Crippen LogP contribution < -0.4 is 5.32 Å². The molecular weight excluding hydrogens is 360 g/mol. The lowest BCUT2D eigenvalue weighted by atomic mass is 10.2.